The molecule has 0 aromatic rings. The fraction of sp³-hybridized carbons (Fsp3) is 1.00. The molecule has 2 atom stereocenters. The maximum absolute atomic E-state index is 3.77. The molecule has 2 fully saturated rings. The van der Waals surface area contributed by atoms with Gasteiger partial charge in [0.25, 0.3) is 0 Å². The molecule has 2 unspecified atom stereocenters. The van der Waals surface area contributed by atoms with Gasteiger partial charge in [-0.25, -0.2) is 0 Å². The van der Waals surface area contributed by atoms with Crippen LogP contribution < -0.4 is 5.32 Å². The van der Waals surface area contributed by atoms with Crippen LogP contribution in [0.2, 0.25) is 0 Å². The third-order valence-corrected chi connectivity index (χ3v) is 4.33. The summed E-state index contributed by atoms with van der Waals surface area (Å²) in [5, 5.41) is 3.77. The van der Waals surface area contributed by atoms with Gasteiger partial charge in [0.15, 0.2) is 0 Å². The van der Waals surface area contributed by atoms with Crippen LogP contribution in [0.25, 0.3) is 0 Å². The van der Waals surface area contributed by atoms with Crippen LogP contribution >= 0.6 is 0 Å². The van der Waals surface area contributed by atoms with Crippen molar-refractivity contribution in [3.05, 3.63) is 0 Å². The molecule has 1 aliphatic heterocycles. The molecule has 1 heterocycles. The molecule has 3 nitrogen and oxygen atoms in total. The van der Waals surface area contributed by atoms with Crippen LogP contribution in [-0.4, -0.2) is 61.7 Å². The SMILES string of the molecule is CC(C)C(CNC1CCN(C2CC2)C1)N(C)C. The highest BCUT2D eigenvalue weighted by Crippen LogP contribution is 2.29. The average molecular weight is 239 g/mol. The van der Waals surface area contributed by atoms with Crippen LogP contribution in [-0.2, 0) is 0 Å². The second kappa shape index (κ2) is 5.68. The molecule has 1 saturated carbocycles. The van der Waals surface area contributed by atoms with Crippen LogP contribution in [0.3, 0.4) is 0 Å². The molecule has 0 radical (unpaired) electrons. The Morgan fingerprint density at radius 3 is 2.47 bits per heavy atom. The van der Waals surface area contributed by atoms with E-state index >= 15 is 0 Å². The number of hydrogen-bond acceptors (Lipinski definition) is 3. The van der Waals surface area contributed by atoms with Crippen molar-refractivity contribution >= 4 is 0 Å². The van der Waals surface area contributed by atoms with E-state index in [1.807, 2.05) is 0 Å². The molecule has 0 amide bonds. The highest BCUT2D eigenvalue weighted by molar-refractivity contribution is 4.92. The molecule has 1 N–H and O–H groups in total. The molecule has 1 aliphatic carbocycles. The number of hydrogen-bond donors (Lipinski definition) is 1. The summed E-state index contributed by atoms with van der Waals surface area (Å²) in [7, 11) is 4.38. The molecule has 2 rings (SSSR count). The van der Waals surface area contributed by atoms with E-state index in [4.69, 9.17) is 0 Å². The lowest BCUT2D eigenvalue weighted by molar-refractivity contribution is 0.217. The first-order valence-electron chi connectivity index (χ1n) is 7.21. The quantitative estimate of drug-likeness (QED) is 0.756. The van der Waals surface area contributed by atoms with E-state index in [0.29, 0.717) is 6.04 Å². The zero-order valence-electron chi connectivity index (χ0n) is 11.9. The minimum absolute atomic E-state index is 0.657. The minimum Gasteiger partial charge on any atom is -0.311 e. The van der Waals surface area contributed by atoms with Gasteiger partial charge in [-0.05, 0) is 39.3 Å². The van der Waals surface area contributed by atoms with Gasteiger partial charge in [0.1, 0.15) is 0 Å². The Morgan fingerprint density at radius 2 is 1.94 bits per heavy atom. The number of likely N-dealkylation sites (tertiary alicyclic amines) is 1. The minimum atomic E-state index is 0.657. The molecular formula is C14H29N3. The Labute approximate surface area is 107 Å². The van der Waals surface area contributed by atoms with Gasteiger partial charge >= 0.3 is 0 Å². The zero-order chi connectivity index (χ0) is 12.4. The molecule has 0 aromatic heterocycles. The largest absolute Gasteiger partial charge is 0.311 e. The molecule has 100 valence electrons. The predicted octanol–water partition coefficient (Wildman–Crippen LogP) is 1.40. The van der Waals surface area contributed by atoms with Crippen molar-refractivity contribution in [2.24, 2.45) is 5.92 Å². The fourth-order valence-corrected chi connectivity index (χ4v) is 3.03. The van der Waals surface area contributed by atoms with Gasteiger partial charge < -0.3 is 10.2 Å². The summed E-state index contributed by atoms with van der Waals surface area (Å²) in [6.07, 6.45) is 4.23. The van der Waals surface area contributed by atoms with Gasteiger partial charge in [-0.2, -0.15) is 0 Å². The summed E-state index contributed by atoms with van der Waals surface area (Å²) in [5.74, 6) is 0.721. The van der Waals surface area contributed by atoms with Crippen molar-refractivity contribution in [2.45, 2.75) is 51.2 Å². The normalized spacial score (nSPS) is 28.2. The monoisotopic (exact) mass is 239 g/mol. The maximum atomic E-state index is 3.77. The van der Waals surface area contributed by atoms with E-state index in [1.165, 1.54) is 32.4 Å². The Balaban J connectivity index is 1.70. The van der Waals surface area contributed by atoms with Crippen molar-refractivity contribution in [2.75, 3.05) is 33.7 Å². The Bertz CT molecular complexity index is 228. The predicted molar refractivity (Wildman–Crippen MR) is 73.3 cm³/mol. The van der Waals surface area contributed by atoms with Crippen molar-refractivity contribution in [3.63, 3.8) is 0 Å². The van der Waals surface area contributed by atoms with Crippen molar-refractivity contribution in [3.8, 4) is 0 Å². The standard InChI is InChI=1S/C14H29N3/c1-11(2)14(16(3)4)9-15-12-7-8-17(10-12)13-5-6-13/h11-15H,5-10H2,1-4H3. The van der Waals surface area contributed by atoms with E-state index < -0.39 is 0 Å². The number of likely N-dealkylation sites (N-methyl/N-ethyl adjacent to an activating group) is 1. The number of nitrogens with one attached hydrogen (secondary N) is 1. The fourth-order valence-electron chi connectivity index (χ4n) is 3.03. The van der Waals surface area contributed by atoms with E-state index in [-0.39, 0.29) is 0 Å². The lowest BCUT2D eigenvalue weighted by Crippen LogP contribution is -2.45. The third-order valence-electron chi connectivity index (χ3n) is 4.33. The average Bonchev–Trinajstić information content (AvgIpc) is 2.99. The first kappa shape index (κ1) is 13.3. The van der Waals surface area contributed by atoms with Crippen LogP contribution in [0.15, 0.2) is 0 Å². The number of rotatable bonds is 6. The van der Waals surface area contributed by atoms with E-state index in [9.17, 15) is 0 Å². The summed E-state index contributed by atoms with van der Waals surface area (Å²) in [5.41, 5.74) is 0. The topological polar surface area (TPSA) is 18.5 Å². The molecular weight excluding hydrogens is 210 g/mol. The van der Waals surface area contributed by atoms with Crippen LogP contribution in [0, 0.1) is 5.92 Å². The van der Waals surface area contributed by atoms with Crippen LogP contribution in [0.4, 0.5) is 0 Å². The maximum Gasteiger partial charge on any atom is 0.0237 e. The second-order valence-electron chi connectivity index (χ2n) is 6.39. The lowest BCUT2D eigenvalue weighted by atomic mass is 10.0. The van der Waals surface area contributed by atoms with Gasteiger partial charge in [-0.3, -0.25) is 4.90 Å². The summed E-state index contributed by atoms with van der Waals surface area (Å²) in [6, 6.07) is 2.33. The Morgan fingerprint density at radius 1 is 1.24 bits per heavy atom. The summed E-state index contributed by atoms with van der Waals surface area (Å²) in [4.78, 5) is 5.03. The van der Waals surface area contributed by atoms with Crippen molar-refractivity contribution in [1.29, 1.82) is 0 Å². The van der Waals surface area contributed by atoms with Crippen molar-refractivity contribution in [1.82, 2.24) is 15.1 Å². The number of nitrogens with zero attached hydrogens (tertiary/aromatic N) is 2. The van der Waals surface area contributed by atoms with Crippen molar-refractivity contribution < 1.29 is 0 Å². The van der Waals surface area contributed by atoms with Gasteiger partial charge in [0.05, 0.1) is 0 Å². The second-order valence-corrected chi connectivity index (χ2v) is 6.39. The van der Waals surface area contributed by atoms with Gasteiger partial charge in [-0.1, -0.05) is 13.8 Å². The molecule has 0 spiro atoms. The third kappa shape index (κ3) is 3.67. The summed E-state index contributed by atoms with van der Waals surface area (Å²) < 4.78 is 0. The Kier molecular flexibility index (Phi) is 4.45. The molecule has 17 heavy (non-hydrogen) atoms. The summed E-state index contributed by atoms with van der Waals surface area (Å²) in [6.45, 7) is 8.36. The summed E-state index contributed by atoms with van der Waals surface area (Å²) >= 11 is 0. The molecule has 1 saturated heterocycles. The van der Waals surface area contributed by atoms with Crippen LogP contribution in [0.5, 0.6) is 0 Å². The first-order valence-corrected chi connectivity index (χ1v) is 7.21. The molecule has 2 aliphatic rings. The highest BCUT2D eigenvalue weighted by atomic mass is 15.2. The van der Waals surface area contributed by atoms with Crippen LogP contribution in [0.1, 0.15) is 33.1 Å². The smallest absolute Gasteiger partial charge is 0.0237 e. The molecule has 0 bridgehead atoms. The molecule has 3 heteroatoms. The van der Waals surface area contributed by atoms with E-state index in [1.54, 1.807) is 0 Å². The zero-order valence-corrected chi connectivity index (χ0v) is 11.9. The lowest BCUT2D eigenvalue weighted by Gasteiger charge is -2.29. The van der Waals surface area contributed by atoms with Gasteiger partial charge in [0.2, 0.25) is 0 Å². The Hall–Kier alpha value is -0.120. The van der Waals surface area contributed by atoms with Gasteiger partial charge in [-0.15, -0.1) is 0 Å². The highest BCUT2D eigenvalue weighted by Gasteiger charge is 2.34. The first-order chi connectivity index (χ1) is 8.08. The van der Waals surface area contributed by atoms with E-state index in [2.05, 4.69) is 43.1 Å². The van der Waals surface area contributed by atoms with E-state index in [0.717, 1.165) is 24.5 Å². The molecule has 0 aromatic carbocycles. The van der Waals surface area contributed by atoms with Gasteiger partial charge in [0, 0.05) is 37.8 Å².